The molecule has 0 bridgehead atoms. The van der Waals surface area contributed by atoms with Crippen molar-refractivity contribution in [3.8, 4) is 6.01 Å². The van der Waals surface area contributed by atoms with Gasteiger partial charge < -0.3 is 15.2 Å². The zero-order valence-electron chi connectivity index (χ0n) is 16.7. The largest absolute Gasteiger partial charge is 0.481 e. The predicted molar refractivity (Wildman–Crippen MR) is 109 cm³/mol. The third kappa shape index (κ3) is 7.50. The molecule has 2 rings (SSSR count). The Morgan fingerprint density at radius 3 is 2.61 bits per heavy atom. The normalized spacial score (nSPS) is 11.8. The minimum Gasteiger partial charge on any atom is -0.481 e. The van der Waals surface area contributed by atoms with Gasteiger partial charge in [0.15, 0.2) is 0 Å². The first-order valence-electron chi connectivity index (χ1n) is 9.92. The molecule has 0 aliphatic carbocycles. The lowest BCUT2D eigenvalue weighted by atomic mass is 9.92. The minimum atomic E-state index is -0.797. The summed E-state index contributed by atoms with van der Waals surface area (Å²) in [5, 5.41) is 12.3. The van der Waals surface area contributed by atoms with Crippen LogP contribution in [0, 0.1) is 0 Å². The molecule has 0 saturated heterocycles. The van der Waals surface area contributed by atoms with Crippen molar-refractivity contribution in [2.24, 2.45) is 0 Å². The second kappa shape index (κ2) is 11.9. The molecule has 28 heavy (non-hydrogen) atoms. The zero-order valence-corrected chi connectivity index (χ0v) is 16.7. The van der Waals surface area contributed by atoms with Gasteiger partial charge in [-0.25, -0.2) is 15.0 Å². The Kier molecular flexibility index (Phi) is 9.18. The van der Waals surface area contributed by atoms with Crippen molar-refractivity contribution in [3.63, 3.8) is 0 Å². The Bertz CT molecular complexity index is 722. The van der Waals surface area contributed by atoms with Gasteiger partial charge in [-0.2, -0.15) is 0 Å². The molecule has 152 valence electrons. The maximum absolute atomic E-state index is 11.2. The van der Waals surface area contributed by atoms with Gasteiger partial charge in [0.25, 0.3) is 0 Å². The maximum Gasteiger partial charge on any atom is 0.316 e. The number of carbonyl (C=O) groups is 1. The third-order valence-corrected chi connectivity index (χ3v) is 4.61. The van der Waals surface area contributed by atoms with E-state index in [0.717, 1.165) is 55.6 Å². The van der Waals surface area contributed by atoms with Gasteiger partial charge in [-0.3, -0.25) is 4.79 Å². The van der Waals surface area contributed by atoms with E-state index < -0.39 is 5.97 Å². The van der Waals surface area contributed by atoms with Crippen LogP contribution in [0.3, 0.4) is 0 Å². The van der Waals surface area contributed by atoms with Crippen LogP contribution in [0.4, 0.5) is 5.82 Å². The lowest BCUT2D eigenvalue weighted by Crippen LogP contribution is -2.08. The molecule has 0 unspecified atom stereocenters. The van der Waals surface area contributed by atoms with E-state index in [1.54, 1.807) is 12.4 Å². The Balaban J connectivity index is 1.76. The lowest BCUT2D eigenvalue weighted by Gasteiger charge is -2.15. The van der Waals surface area contributed by atoms with Crippen molar-refractivity contribution in [3.05, 3.63) is 41.9 Å². The molecular formula is C21H30N4O3. The number of hydrogen-bond acceptors (Lipinski definition) is 6. The first kappa shape index (κ1) is 21.6. The minimum absolute atomic E-state index is 0.0675. The zero-order chi connectivity index (χ0) is 20.2. The van der Waals surface area contributed by atoms with Crippen LogP contribution in [0.5, 0.6) is 6.01 Å². The lowest BCUT2D eigenvalue weighted by molar-refractivity contribution is -0.137. The highest BCUT2D eigenvalue weighted by atomic mass is 16.5. The molecule has 2 heterocycles. The van der Waals surface area contributed by atoms with Gasteiger partial charge >= 0.3 is 12.0 Å². The molecule has 2 N–H and O–H groups in total. The van der Waals surface area contributed by atoms with Crippen LogP contribution in [0.25, 0.3) is 0 Å². The van der Waals surface area contributed by atoms with E-state index in [1.807, 2.05) is 26.1 Å². The van der Waals surface area contributed by atoms with Crippen molar-refractivity contribution >= 4 is 11.8 Å². The number of nitrogens with one attached hydrogen (secondary N) is 1. The SMILES string of the molecule is CCOc1ncc([C@@H](CCCCCCc2cccc(NC)n2)CC(=O)O)cn1. The van der Waals surface area contributed by atoms with E-state index in [-0.39, 0.29) is 12.3 Å². The standard InChI is InChI=1S/C21H30N4O3/c1-3-28-21-23-14-17(15-24-21)16(13-20(26)27)9-6-4-5-7-10-18-11-8-12-19(22-2)25-18/h8,11-12,14-16H,3-7,9-10,13H2,1-2H3,(H,22,25)(H,26,27)/t16-/m0/s1. The smallest absolute Gasteiger partial charge is 0.316 e. The van der Waals surface area contributed by atoms with Gasteiger partial charge in [-0.15, -0.1) is 0 Å². The van der Waals surface area contributed by atoms with Crippen molar-refractivity contribution in [1.29, 1.82) is 0 Å². The van der Waals surface area contributed by atoms with Crippen molar-refractivity contribution in [1.82, 2.24) is 15.0 Å². The van der Waals surface area contributed by atoms with E-state index in [1.165, 1.54) is 0 Å². The maximum atomic E-state index is 11.2. The van der Waals surface area contributed by atoms with Gasteiger partial charge in [0.05, 0.1) is 13.0 Å². The van der Waals surface area contributed by atoms with Crippen molar-refractivity contribution < 1.29 is 14.6 Å². The van der Waals surface area contributed by atoms with Gasteiger partial charge in [0.2, 0.25) is 0 Å². The first-order chi connectivity index (χ1) is 13.6. The summed E-state index contributed by atoms with van der Waals surface area (Å²) in [5.74, 6) is 0.0307. The third-order valence-electron chi connectivity index (χ3n) is 4.61. The number of unbranched alkanes of at least 4 members (excludes halogenated alkanes) is 3. The summed E-state index contributed by atoms with van der Waals surface area (Å²) in [6, 6.07) is 6.35. The van der Waals surface area contributed by atoms with Crippen LogP contribution in [0.15, 0.2) is 30.6 Å². The second-order valence-corrected chi connectivity index (χ2v) is 6.74. The summed E-state index contributed by atoms with van der Waals surface area (Å²) in [4.78, 5) is 24.1. The molecule has 0 aromatic carbocycles. The molecule has 0 aliphatic heterocycles. The Hall–Kier alpha value is -2.70. The molecule has 0 spiro atoms. The number of aliphatic carboxylic acids is 1. The van der Waals surface area contributed by atoms with Crippen LogP contribution in [0.1, 0.15) is 62.6 Å². The number of aromatic nitrogens is 3. The molecule has 0 aliphatic rings. The number of nitrogens with zero attached hydrogens (tertiary/aromatic N) is 3. The van der Waals surface area contributed by atoms with E-state index in [0.29, 0.717) is 12.6 Å². The molecular weight excluding hydrogens is 356 g/mol. The predicted octanol–water partition coefficient (Wildman–Crippen LogP) is 4.06. The molecule has 2 aromatic rings. The first-order valence-corrected chi connectivity index (χ1v) is 9.92. The van der Waals surface area contributed by atoms with Crippen LogP contribution in [0.2, 0.25) is 0 Å². The Morgan fingerprint density at radius 1 is 1.18 bits per heavy atom. The number of ether oxygens (including phenoxy) is 1. The van der Waals surface area contributed by atoms with Crippen LogP contribution in [-0.4, -0.2) is 39.7 Å². The molecule has 1 atom stereocenters. The highest BCUT2D eigenvalue weighted by molar-refractivity contribution is 5.68. The molecule has 7 nitrogen and oxygen atoms in total. The Morgan fingerprint density at radius 2 is 1.93 bits per heavy atom. The van der Waals surface area contributed by atoms with E-state index in [4.69, 9.17) is 4.74 Å². The summed E-state index contributed by atoms with van der Waals surface area (Å²) in [6.45, 7) is 2.38. The molecule has 0 radical (unpaired) electrons. The van der Waals surface area contributed by atoms with E-state index >= 15 is 0 Å². The van der Waals surface area contributed by atoms with Gasteiger partial charge in [-0.05, 0) is 49.8 Å². The van der Waals surface area contributed by atoms with Crippen molar-refractivity contribution in [2.75, 3.05) is 19.0 Å². The monoisotopic (exact) mass is 386 g/mol. The van der Waals surface area contributed by atoms with Crippen LogP contribution < -0.4 is 10.1 Å². The average molecular weight is 386 g/mol. The average Bonchev–Trinajstić information content (AvgIpc) is 2.70. The number of pyridine rings is 1. The number of rotatable bonds is 13. The fourth-order valence-electron chi connectivity index (χ4n) is 3.15. The number of aryl methyl sites for hydroxylation is 1. The molecule has 0 fully saturated rings. The summed E-state index contributed by atoms with van der Waals surface area (Å²) in [5.41, 5.74) is 1.96. The highest BCUT2D eigenvalue weighted by Gasteiger charge is 2.16. The topological polar surface area (TPSA) is 97.2 Å². The number of carboxylic acid groups (broad SMARTS) is 1. The number of carboxylic acids is 1. The number of anilines is 1. The second-order valence-electron chi connectivity index (χ2n) is 6.74. The van der Waals surface area contributed by atoms with E-state index in [2.05, 4.69) is 26.3 Å². The fraction of sp³-hybridized carbons (Fsp3) is 0.524. The summed E-state index contributed by atoms with van der Waals surface area (Å²) in [7, 11) is 1.87. The summed E-state index contributed by atoms with van der Waals surface area (Å²) in [6.07, 6.45) is 9.48. The van der Waals surface area contributed by atoms with Gasteiger partial charge in [-0.1, -0.05) is 25.3 Å². The number of hydrogen-bond donors (Lipinski definition) is 2. The van der Waals surface area contributed by atoms with Gasteiger partial charge in [0, 0.05) is 25.1 Å². The highest BCUT2D eigenvalue weighted by Crippen LogP contribution is 2.26. The molecule has 0 saturated carbocycles. The van der Waals surface area contributed by atoms with Crippen molar-refractivity contribution in [2.45, 2.75) is 57.8 Å². The van der Waals surface area contributed by atoms with E-state index in [9.17, 15) is 9.90 Å². The Labute approximate surface area is 166 Å². The van der Waals surface area contributed by atoms with Gasteiger partial charge in [0.1, 0.15) is 5.82 Å². The summed E-state index contributed by atoms with van der Waals surface area (Å²) >= 11 is 0. The molecule has 0 amide bonds. The van der Waals surface area contributed by atoms with Crippen LogP contribution >= 0.6 is 0 Å². The fourth-order valence-corrected chi connectivity index (χ4v) is 3.15. The van der Waals surface area contributed by atoms with Crippen LogP contribution in [-0.2, 0) is 11.2 Å². The molecule has 7 heteroatoms. The molecule has 2 aromatic heterocycles. The quantitative estimate of drug-likeness (QED) is 0.501. The summed E-state index contributed by atoms with van der Waals surface area (Å²) < 4.78 is 5.25.